The Labute approximate surface area is 112 Å². The summed E-state index contributed by atoms with van der Waals surface area (Å²) in [5, 5.41) is 0.749. The van der Waals surface area contributed by atoms with E-state index in [4.69, 9.17) is 27.9 Å². The van der Waals surface area contributed by atoms with Gasteiger partial charge in [-0.05, 0) is 18.6 Å². The molecule has 1 atom stereocenters. The summed E-state index contributed by atoms with van der Waals surface area (Å²) in [5.41, 5.74) is 2.18. The van der Waals surface area contributed by atoms with Gasteiger partial charge in [0, 0.05) is 22.8 Å². The fourth-order valence-corrected chi connectivity index (χ4v) is 2.84. The van der Waals surface area contributed by atoms with Gasteiger partial charge in [0.05, 0.1) is 25.1 Å². The van der Waals surface area contributed by atoms with Crippen LogP contribution in [0.1, 0.15) is 18.9 Å². The van der Waals surface area contributed by atoms with Crippen molar-refractivity contribution in [3.05, 3.63) is 28.8 Å². The van der Waals surface area contributed by atoms with Crippen LogP contribution in [-0.2, 0) is 10.6 Å². The molecular weight excluding hydrogens is 257 g/mol. The average Bonchev–Trinajstić information content (AvgIpc) is 2.38. The molecule has 0 N–H and O–H groups in total. The van der Waals surface area contributed by atoms with Crippen molar-refractivity contribution in [1.82, 2.24) is 0 Å². The molecule has 0 spiro atoms. The van der Waals surface area contributed by atoms with Crippen molar-refractivity contribution in [3.8, 4) is 0 Å². The Morgan fingerprint density at radius 3 is 3.00 bits per heavy atom. The smallest absolute Gasteiger partial charge is 0.0670 e. The highest BCUT2D eigenvalue weighted by atomic mass is 35.5. The summed E-state index contributed by atoms with van der Waals surface area (Å²) in [4.78, 5) is 2.37. The molecule has 1 aliphatic rings. The summed E-state index contributed by atoms with van der Waals surface area (Å²) in [5.74, 6) is 0.447. The van der Waals surface area contributed by atoms with E-state index < -0.39 is 0 Å². The standard InChI is InChI=1S/C13H17Cl2NO/c1-2-10-9-17-7-6-16(10)13-5-3-4-12(15)11(13)8-14/h3-5,10H,2,6-9H2,1H3. The van der Waals surface area contributed by atoms with Crippen molar-refractivity contribution in [1.29, 1.82) is 0 Å². The van der Waals surface area contributed by atoms with Crippen molar-refractivity contribution < 1.29 is 4.74 Å². The molecule has 4 heteroatoms. The SMILES string of the molecule is CCC1COCCN1c1cccc(Cl)c1CCl. The van der Waals surface area contributed by atoms with E-state index in [2.05, 4.69) is 17.9 Å². The third kappa shape index (κ3) is 2.70. The van der Waals surface area contributed by atoms with E-state index >= 15 is 0 Å². The van der Waals surface area contributed by atoms with Crippen LogP contribution in [0.15, 0.2) is 18.2 Å². The van der Waals surface area contributed by atoms with Crippen LogP contribution < -0.4 is 4.90 Å². The maximum absolute atomic E-state index is 6.20. The zero-order valence-corrected chi connectivity index (χ0v) is 11.5. The lowest BCUT2D eigenvalue weighted by Gasteiger charge is -2.38. The first-order chi connectivity index (χ1) is 8.27. The maximum atomic E-state index is 6.20. The Balaban J connectivity index is 2.34. The summed E-state index contributed by atoms with van der Waals surface area (Å²) in [6.45, 7) is 4.63. The molecule has 1 aliphatic heterocycles. The van der Waals surface area contributed by atoms with Crippen LogP contribution in [0.3, 0.4) is 0 Å². The van der Waals surface area contributed by atoms with E-state index in [1.807, 2.05) is 12.1 Å². The van der Waals surface area contributed by atoms with E-state index in [1.54, 1.807) is 0 Å². The quantitative estimate of drug-likeness (QED) is 0.779. The van der Waals surface area contributed by atoms with Gasteiger partial charge in [0.15, 0.2) is 0 Å². The molecule has 0 aliphatic carbocycles. The second-order valence-electron chi connectivity index (χ2n) is 4.20. The second kappa shape index (κ2) is 5.94. The molecule has 2 nitrogen and oxygen atoms in total. The number of halogens is 2. The number of anilines is 1. The summed E-state index contributed by atoms with van der Waals surface area (Å²) < 4.78 is 5.52. The summed E-state index contributed by atoms with van der Waals surface area (Å²) in [6.07, 6.45) is 1.06. The van der Waals surface area contributed by atoms with Gasteiger partial charge in [-0.1, -0.05) is 24.6 Å². The molecule has 0 saturated carbocycles. The summed E-state index contributed by atoms with van der Waals surface area (Å²) in [7, 11) is 0. The highest BCUT2D eigenvalue weighted by Gasteiger charge is 2.23. The van der Waals surface area contributed by atoms with Crippen molar-refractivity contribution in [2.75, 3.05) is 24.7 Å². The van der Waals surface area contributed by atoms with Gasteiger partial charge in [0.25, 0.3) is 0 Å². The third-order valence-electron chi connectivity index (χ3n) is 3.24. The van der Waals surface area contributed by atoms with E-state index in [1.165, 1.54) is 0 Å². The number of benzene rings is 1. The Morgan fingerprint density at radius 1 is 1.47 bits per heavy atom. The first-order valence-corrected chi connectivity index (χ1v) is 6.87. The van der Waals surface area contributed by atoms with E-state index in [0.717, 1.165) is 42.5 Å². The second-order valence-corrected chi connectivity index (χ2v) is 4.88. The maximum Gasteiger partial charge on any atom is 0.0670 e. The number of morpholine rings is 1. The Morgan fingerprint density at radius 2 is 2.29 bits per heavy atom. The zero-order valence-electron chi connectivity index (χ0n) is 9.96. The normalized spacial score (nSPS) is 20.6. The lowest BCUT2D eigenvalue weighted by molar-refractivity contribution is 0.0929. The molecule has 2 rings (SSSR count). The Bertz CT molecular complexity index is 384. The molecule has 0 bridgehead atoms. The fraction of sp³-hybridized carbons (Fsp3) is 0.538. The number of nitrogens with zero attached hydrogens (tertiary/aromatic N) is 1. The number of alkyl halides is 1. The van der Waals surface area contributed by atoms with Crippen molar-refractivity contribution >= 4 is 28.9 Å². The van der Waals surface area contributed by atoms with Gasteiger partial charge < -0.3 is 9.64 Å². The molecule has 17 heavy (non-hydrogen) atoms. The monoisotopic (exact) mass is 273 g/mol. The molecular formula is C13H17Cl2NO. The average molecular weight is 274 g/mol. The van der Waals surface area contributed by atoms with Gasteiger partial charge in [-0.2, -0.15) is 0 Å². The minimum atomic E-state index is 0.421. The molecule has 1 saturated heterocycles. The number of rotatable bonds is 3. The van der Waals surface area contributed by atoms with Gasteiger partial charge in [0.1, 0.15) is 0 Å². The fourth-order valence-electron chi connectivity index (χ4n) is 2.26. The first kappa shape index (κ1) is 13.0. The molecule has 1 aromatic carbocycles. The minimum Gasteiger partial charge on any atom is -0.377 e. The molecule has 1 fully saturated rings. The lowest BCUT2D eigenvalue weighted by Crippen LogP contribution is -2.45. The van der Waals surface area contributed by atoms with Crippen LogP contribution in [0.4, 0.5) is 5.69 Å². The van der Waals surface area contributed by atoms with E-state index in [-0.39, 0.29) is 0 Å². The van der Waals surface area contributed by atoms with E-state index in [0.29, 0.717) is 11.9 Å². The van der Waals surface area contributed by atoms with Crippen LogP contribution in [-0.4, -0.2) is 25.8 Å². The summed E-state index contributed by atoms with van der Waals surface area (Å²) >= 11 is 12.2. The van der Waals surface area contributed by atoms with Crippen molar-refractivity contribution in [2.45, 2.75) is 25.3 Å². The van der Waals surface area contributed by atoms with Gasteiger partial charge in [-0.15, -0.1) is 11.6 Å². The molecule has 1 unspecified atom stereocenters. The van der Waals surface area contributed by atoms with Crippen molar-refractivity contribution in [3.63, 3.8) is 0 Å². The number of hydrogen-bond acceptors (Lipinski definition) is 2. The van der Waals surface area contributed by atoms with E-state index in [9.17, 15) is 0 Å². The van der Waals surface area contributed by atoms with Crippen LogP contribution >= 0.6 is 23.2 Å². The highest BCUT2D eigenvalue weighted by Crippen LogP contribution is 2.31. The predicted octanol–water partition coefficient (Wildman–Crippen LogP) is 3.69. The van der Waals surface area contributed by atoms with Crippen LogP contribution in [0.25, 0.3) is 0 Å². The summed E-state index contributed by atoms with van der Waals surface area (Å²) in [6, 6.07) is 6.39. The first-order valence-electron chi connectivity index (χ1n) is 5.95. The largest absolute Gasteiger partial charge is 0.377 e. The topological polar surface area (TPSA) is 12.5 Å². The zero-order chi connectivity index (χ0) is 12.3. The Hall–Kier alpha value is -0.440. The molecule has 0 radical (unpaired) electrons. The highest BCUT2D eigenvalue weighted by molar-refractivity contribution is 6.32. The minimum absolute atomic E-state index is 0.421. The van der Waals surface area contributed by atoms with Crippen molar-refractivity contribution in [2.24, 2.45) is 0 Å². The lowest BCUT2D eigenvalue weighted by atomic mass is 10.1. The Kier molecular flexibility index (Phi) is 4.55. The van der Waals surface area contributed by atoms with Gasteiger partial charge in [-0.3, -0.25) is 0 Å². The molecule has 0 aromatic heterocycles. The molecule has 0 amide bonds. The van der Waals surface area contributed by atoms with Gasteiger partial charge in [0.2, 0.25) is 0 Å². The van der Waals surface area contributed by atoms with Gasteiger partial charge >= 0.3 is 0 Å². The van der Waals surface area contributed by atoms with Crippen LogP contribution in [0.5, 0.6) is 0 Å². The number of ether oxygens (including phenoxy) is 1. The molecule has 1 aromatic rings. The third-order valence-corrected chi connectivity index (χ3v) is 3.86. The number of hydrogen-bond donors (Lipinski definition) is 0. The molecule has 94 valence electrons. The predicted molar refractivity (Wildman–Crippen MR) is 73.3 cm³/mol. The van der Waals surface area contributed by atoms with Crippen LogP contribution in [0, 0.1) is 0 Å². The van der Waals surface area contributed by atoms with Crippen LogP contribution in [0.2, 0.25) is 5.02 Å². The molecule has 1 heterocycles. The van der Waals surface area contributed by atoms with Gasteiger partial charge in [-0.25, -0.2) is 0 Å².